The molecule has 6 heteroatoms. The summed E-state index contributed by atoms with van der Waals surface area (Å²) in [5.74, 6) is 0.0765. The van der Waals surface area contributed by atoms with E-state index < -0.39 is 0 Å². The fourth-order valence-electron chi connectivity index (χ4n) is 4.50. The second-order valence-corrected chi connectivity index (χ2v) is 8.17. The van der Waals surface area contributed by atoms with E-state index in [0.29, 0.717) is 5.69 Å². The van der Waals surface area contributed by atoms with Gasteiger partial charge >= 0.3 is 0 Å². The van der Waals surface area contributed by atoms with Crippen molar-refractivity contribution in [2.75, 3.05) is 46.8 Å². The summed E-state index contributed by atoms with van der Waals surface area (Å²) in [5.41, 5.74) is 2.88. The number of hydrogen-bond donors (Lipinski definition) is 0. The highest BCUT2D eigenvalue weighted by molar-refractivity contribution is 6.05. The first kappa shape index (κ1) is 17.5. The second-order valence-electron chi connectivity index (χ2n) is 8.17. The van der Waals surface area contributed by atoms with Crippen molar-refractivity contribution in [1.29, 1.82) is 0 Å². The number of likely N-dealkylation sites (tertiary alicyclic amines) is 1. The Morgan fingerprint density at radius 1 is 1.08 bits per heavy atom. The lowest BCUT2D eigenvalue weighted by molar-refractivity contribution is -0.0171. The van der Waals surface area contributed by atoms with Gasteiger partial charge in [0.15, 0.2) is 5.69 Å². The van der Waals surface area contributed by atoms with Crippen molar-refractivity contribution < 1.29 is 4.79 Å². The molecule has 4 rings (SSSR count). The third-order valence-electron chi connectivity index (χ3n) is 6.41. The highest BCUT2D eigenvalue weighted by Crippen LogP contribution is 2.32. The molecule has 26 heavy (non-hydrogen) atoms. The summed E-state index contributed by atoms with van der Waals surface area (Å²) in [6, 6.07) is 6.20. The van der Waals surface area contributed by atoms with E-state index in [1.54, 1.807) is 0 Å². The molecule has 1 spiro atoms. The molecule has 2 aliphatic heterocycles. The highest BCUT2D eigenvalue weighted by Gasteiger charge is 2.43. The minimum absolute atomic E-state index is 0.0765. The molecule has 1 aromatic heterocycles. The Hall–Kier alpha value is -1.92. The fourth-order valence-corrected chi connectivity index (χ4v) is 4.50. The molecular formula is C20H29N5O. The monoisotopic (exact) mass is 355 g/mol. The summed E-state index contributed by atoms with van der Waals surface area (Å²) >= 11 is 0. The molecule has 0 saturated carbocycles. The maximum Gasteiger partial charge on any atom is 0.275 e. The number of fused-ring (bicyclic) bond motifs is 1. The topological polar surface area (TPSA) is 44.6 Å². The molecule has 0 unspecified atom stereocenters. The van der Waals surface area contributed by atoms with Crippen LogP contribution in [0.2, 0.25) is 0 Å². The number of aromatic nitrogens is 2. The summed E-state index contributed by atoms with van der Waals surface area (Å²) < 4.78 is 1.82. The molecule has 1 amide bonds. The Balaban J connectivity index is 1.64. The van der Waals surface area contributed by atoms with Gasteiger partial charge in [0.2, 0.25) is 0 Å². The zero-order chi connectivity index (χ0) is 18.5. The first-order chi connectivity index (χ1) is 12.4. The molecule has 1 aromatic carbocycles. The van der Waals surface area contributed by atoms with Crippen molar-refractivity contribution in [2.45, 2.75) is 25.3 Å². The van der Waals surface area contributed by atoms with Crippen LogP contribution in [-0.2, 0) is 7.05 Å². The van der Waals surface area contributed by atoms with E-state index in [-0.39, 0.29) is 11.4 Å². The predicted octanol–water partition coefficient (Wildman–Crippen LogP) is 1.73. The zero-order valence-corrected chi connectivity index (χ0v) is 16.3. The minimum Gasteiger partial charge on any atom is -0.334 e. The van der Waals surface area contributed by atoms with E-state index in [9.17, 15) is 4.79 Å². The maximum absolute atomic E-state index is 13.4. The number of carbonyl (C=O) groups excluding carboxylic acids is 1. The Bertz CT molecular complexity index is 834. The number of piperidine rings is 1. The van der Waals surface area contributed by atoms with Crippen molar-refractivity contribution in [3.05, 3.63) is 29.5 Å². The van der Waals surface area contributed by atoms with Crippen LogP contribution in [0, 0.1) is 6.92 Å². The Morgan fingerprint density at radius 3 is 2.54 bits per heavy atom. The predicted molar refractivity (Wildman–Crippen MR) is 103 cm³/mol. The third kappa shape index (κ3) is 2.81. The number of rotatable bonds is 1. The van der Waals surface area contributed by atoms with E-state index in [1.165, 1.54) is 0 Å². The number of hydrogen-bond acceptors (Lipinski definition) is 4. The second kappa shape index (κ2) is 6.35. The first-order valence-corrected chi connectivity index (χ1v) is 9.52. The number of nitrogens with zero attached hydrogens (tertiary/aromatic N) is 5. The molecule has 2 saturated heterocycles. The highest BCUT2D eigenvalue weighted by atomic mass is 16.2. The van der Waals surface area contributed by atoms with E-state index >= 15 is 0 Å². The summed E-state index contributed by atoms with van der Waals surface area (Å²) in [6.07, 6.45) is 2.23. The van der Waals surface area contributed by atoms with E-state index in [1.807, 2.05) is 16.6 Å². The van der Waals surface area contributed by atoms with Crippen molar-refractivity contribution in [1.82, 2.24) is 24.5 Å². The fraction of sp³-hybridized carbons (Fsp3) is 0.600. The van der Waals surface area contributed by atoms with Gasteiger partial charge in [0.05, 0.1) is 5.52 Å². The number of likely N-dealkylation sites (N-methyl/N-ethyl adjacent to an activating group) is 1. The lowest BCUT2D eigenvalue weighted by Gasteiger charge is -2.52. The van der Waals surface area contributed by atoms with Gasteiger partial charge in [-0.05, 0) is 59.1 Å². The Morgan fingerprint density at radius 2 is 1.81 bits per heavy atom. The smallest absolute Gasteiger partial charge is 0.275 e. The largest absolute Gasteiger partial charge is 0.334 e. The average Bonchev–Trinajstić information content (AvgIpc) is 2.95. The molecule has 0 aliphatic carbocycles. The lowest BCUT2D eigenvalue weighted by atomic mass is 9.83. The van der Waals surface area contributed by atoms with Crippen LogP contribution in [0.25, 0.3) is 10.9 Å². The molecule has 2 aromatic rings. The van der Waals surface area contributed by atoms with Gasteiger partial charge in [-0.15, -0.1) is 0 Å². The molecule has 6 nitrogen and oxygen atoms in total. The molecule has 3 heterocycles. The summed E-state index contributed by atoms with van der Waals surface area (Å²) in [5, 5.41) is 5.54. The van der Waals surface area contributed by atoms with Crippen LogP contribution in [0.3, 0.4) is 0 Å². The molecule has 140 valence electrons. The summed E-state index contributed by atoms with van der Waals surface area (Å²) in [6.45, 7) is 6.76. The van der Waals surface area contributed by atoms with Gasteiger partial charge in [0.1, 0.15) is 0 Å². The van der Waals surface area contributed by atoms with Gasteiger partial charge < -0.3 is 9.80 Å². The third-order valence-corrected chi connectivity index (χ3v) is 6.41. The van der Waals surface area contributed by atoms with Crippen molar-refractivity contribution in [3.63, 3.8) is 0 Å². The standard InChI is InChI=1S/C20H29N5O/c1-15-5-6-17-16(13-15)18(21-24(17)4)19(26)25-12-11-23(3)20(14-25)7-9-22(2)10-8-20/h5-6,13H,7-12,14H2,1-4H3. The van der Waals surface area contributed by atoms with Crippen LogP contribution in [0.1, 0.15) is 28.9 Å². The maximum atomic E-state index is 13.4. The number of carbonyl (C=O) groups is 1. The van der Waals surface area contributed by atoms with Crippen LogP contribution in [0.15, 0.2) is 18.2 Å². The molecule has 0 radical (unpaired) electrons. The molecular weight excluding hydrogens is 326 g/mol. The summed E-state index contributed by atoms with van der Waals surface area (Å²) in [4.78, 5) is 20.3. The Labute approximate surface area is 155 Å². The van der Waals surface area contributed by atoms with Gasteiger partial charge in [-0.1, -0.05) is 11.6 Å². The van der Waals surface area contributed by atoms with Crippen molar-refractivity contribution in [2.24, 2.45) is 7.05 Å². The average molecular weight is 355 g/mol. The van der Waals surface area contributed by atoms with Crippen LogP contribution in [0.5, 0.6) is 0 Å². The zero-order valence-electron chi connectivity index (χ0n) is 16.3. The SMILES string of the molecule is Cc1ccc2c(c1)c(C(=O)N1CCN(C)C3(CCN(C)CC3)C1)nn2C. The summed E-state index contributed by atoms with van der Waals surface area (Å²) in [7, 11) is 6.31. The van der Waals surface area contributed by atoms with Crippen LogP contribution in [0.4, 0.5) is 0 Å². The Kier molecular flexibility index (Phi) is 4.28. The van der Waals surface area contributed by atoms with Gasteiger partial charge in [-0.3, -0.25) is 14.4 Å². The van der Waals surface area contributed by atoms with E-state index in [0.717, 1.165) is 62.0 Å². The van der Waals surface area contributed by atoms with Gasteiger partial charge in [-0.25, -0.2) is 0 Å². The lowest BCUT2D eigenvalue weighted by Crippen LogP contribution is -2.65. The van der Waals surface area contributed by atoms with Gasteiger partial charge in [-0.2, -0.15) is 5.10 Å². The molecule has 0 N–H and O–H groups in total. The van der Waals surface area contributed by atoms with Crippen LogP contribution >= 0.6 is 0 Å². The normalized spacial score (nSPS) is 21.6. The van der Waals surface area contributed by atoms with Crippen LogP contribution < -0.4 is 0 Å². The van der Waals surface area contributed by atoms with Crippen molar-refractivity contribution in [3.8, 4) is 0 Å². The number of aryl methyl sites for hydroxylation is 2. The molecule has 0 atom stereocenters. The van der Waals surface area contributed by atoms with Gasteiger partial charge in [0.25, 0.3) is 5.91 Å². The quantitative estimate of drug-likeness (QED) is 0.782. The molecule has 2 aliphatic rings. The first-order valence-electron chi connectivity index (χ1n) is 9.52. The van der Waals surface area contributed by atoms with E-state index in [4.69, 9.17) is 0 Å². The van der Waals surface area contributed by atoms with Crippen LogP contribution in [-0.4, -0.2) is 82.7 Å². The molecule has 0 bridgehead atoms. The minimum atomic E-state index is 0.0765. The number of piperazine rings is 1. The number of amides is 1. The molecule has 2 fully saturated rings. The van der Waals surface area contributed by atoms with E-state index in [2.05, 4.69) is 54.1 Å². The number of benzene rings is 1. The van der Waals surface area contributed by atoms with Crippen molar-refractivity contribution >= 4 is 16.8 Å². The van der Waals surface area contributed by atoms with Gasteiger partial charge in [0, 0.05) is 37.6 Å².